The number of rotatable bonds is 9. The average molecular weight is 231 g/mol. The number of unbranched alkanes of at least 4 members (excludes halogenated alkanes) is 3. The molecule has 0 aliphatic heterocycles. The second-order valence-corrected chi connectivity index (χ2v) is 5.20. The molecule has 5 heteroatoms. The summed E-state index contributed by atoms with van der Waals surface area (Å²) in [6, 6.07) is 0. The molecule has 0 aromatic rings. The Morgan fingerprint density at radius 3 is 2.33 bits per heavy atom. The summed E-state index contributed by atoms with van der Waals surface area (Å²) in [6.45, 7) is 0.601. The molecule has 4 nitrogen and oxygen atoms in total. The van der Waals surface area contributed by atoms with Gasteiger partial charge in [0.2, 0.25) is 6.08 Å². The first-order valence-corrected chi connectivity index (χ1v) is 6.32. The summed E-state index contributed by atoms with van der Waals surface area (Å²) >= 11 is 0. The molecule has 0 saturated heterocycles. The van der Waals surface area contributed by atoms with Crippen LogP contribution in [0.5, 0.6) is 0 Å². The molecule has 0 spiro atoms. The van der Waals surface area contributed by atoms with E-state index in [1.54, 1.807) is 20.3 Å². The van der Waals surface area contributed by atoms with Crippen LogP contribution in [-0.4, -0.2) is 42.5 Å². The van der Waals surface area contributed by atoms with E-state index >= 15 is 0 Å². The normalized spacial score (nSPS) is 11.3. The van der Waals surface area contributed by atoms with E-state index in [2.05, 4.69) is 4.99 Å². The van der Waals surface area contributed by atoms with Crippen molar-refractivity contribution in [2.75, 3.05) is 20.8 Å². The molecule has 0 aromatic carbocycles. The first-order valence-electron chi connectivity index (χ1n) is 5.32. The first-order chi connectivity index (χ1) is 7.18. The lowest BCUT2D eigenvalue weighted by atomic mass is 10.1. The van der Waals surface area contributed by atoms with Gasteiger partial charge in [-0.2, -0.15) is 0 Å². The maximum atomic E-state index is 9.78. The summed E-state index contributed by atoms with van der Waals surface area (Å²) in [5, 5.41) is 0. The summed E-state index contributed by atoms with van der Waals surface area (Å²) in [5.74, 6) is 0. The Hall–Kier alpha value is -0.483. The Kier molecular flexibility index (Phi) is 8.51. The lowest BCUT2D eigenvalue weighted by Crippen LogP contribution is -2.33. The standard InChI is InChI=1S/C10H21NO3Si/c1-13-10(15,14-2)7-5-3-4-6-8-11-9-12/h3-8H2,1-2,15H3. The molecule has 0 aliphatic rings. The van der Waals surface area contributed by atoms with Crippen LogP contribution in [0.1, 0.15) is 32.1 Å². The monoisotopic (exact) mass is 231 g/mol. The fraction of sp³-hybridized carbons (Fsp3) is 0.900. The van der Waals surface area contributed by atoms with E-state index in [0.29, 0.717) is 6.54 Å². The van der Waals surface area contributed by atoms with Crippen LogP contribution in [0.25, 0.3) is 0 Å². The van der Waals surface area contributed by atoms with Gasteiger partial charge in [0.05, 0.1) is 16.8 Å². The predicted octanol–water partition coefficient (Wildman–Crippen LogP) is 0.585. The highest BCUT2D eigenvalue weighted by molar-refractivity contribution is 6.13. The molecule has 0 aliphatic carbocycles. The van der Waals surface area contributed by atoms with Crippen molar-refractivity contribution in [3.63, 3.8) is 0 Å². The van der Waals surface area contributed by atoms with Crippen molar-refractivity contribution in [2.45, 2.75) is 37.5 Å². The number of methoxy groups -OCH3 is 2. The Morgan fingerprint density at radius 2 is 1.80 bits per heavy atom. The van der Waals surface area contributed by atoms with Crippen molar-refractivity contribution < 1.29 is 14.3 Å². The second-order valence-electron chi connectivity index (χ2n) is 3.68. The minimum atomic E-state index is -0.319. The molecule has 0 fully saturated rings. The van der Waals surface area contributed by atoms with Crippen LogP contribution in [0.15, 0.2) is 4.99 Å². The number of aliphatic imine (C=N–C) groups is 1. The van der Waals surface area contributed by atoms with E-state index in [1.807, 2.05) is 0 Å². The molecule has 0 saturated carbocycles. The predicted molar refractivity (Wildman–Crippen MR) is 62.8 cm³/mol. The summed E-state index contributed by atoms with van der Waals surface area (Å²) in [7, 11) is 4.26. The molecule has 0 atom stereocenters. The van der Waals surface area contributed by atoms with Crippen LogP contribution < -0.4 is 0 Å². The van der Waals surface area contributed by atoms with Gasteiger partial charge in [-0.25, -0.2) is 9.79 Å². The maximum Gasteiger partial charge on any atom is 0.234 e. The number of hydrogen-bond donors (Lipinski definition) is 0. The van der Waals surface area contributed by atoms with Gasteiger partial charge in [0, 0.05) is 14.2 Å². The summed E-state index contributed by atoms with van der Waals surface area (Å²) in [4.78, 5) is 13.3. The van der Waals surface area contributed by atoms with Gasteiger partial charge in [-0.05, 0) is 19.3 Å². The third kappa shape index (κ3) is 7.45. The van der Waals surface area contributed by atoms with Crippen molar-refractivity contribution in [2.24, 2.45) is 4.99 Å². The van der Waals surface area contributed by atoms with Gasteiger partial charge < -0.3 is 9.47 Å². The number of ether oxygens (including phenoxy) is 2. The van der Waals surface area contributed by atoms with Gasteiger partial charge in [0.25, 0.3) is 0 Å². The van der Waals surface area contributed by atoms with E-state index in [0.717, 1.165) is 42.3 Å². The minimum Gasteiger partial charge on any atom is -0.358 e. The number of nitrogens with zero attached hydrogens (tertiary/aromatic N) is 1. The summed E-state index contributed by atoms with van der Waals surface area (Å²) in [6.07, 6.45) is 6.77. The minimum absolute atomic E-state index is 0.319. The fourth-order valence-electron chi connectivity index (χ4n) is 1.32. The van der Waals surface area contributed by atoms with Crippen molar-refractivity contribution in [3.8, 4) is 0 Å². The Balaban J connectivity index is 3.41. The topological polar surface area (TPSA) is 47.9 Å². The molecule has 0 N–H and O–H groups in total. The van der Waals surface area contributed by atoms with Crippen LogP contribution in [-0.2, 0) is 14.3 Å². The van der Waals surface area contributed by atoms with Crippen LogP contribution in [0.4, 0.5) is 0 Å². The van der Waals surface area contributed by atoms with Crippen molar-refractivity contribution in [3.05, 3.63) is 0 Å². The van der Waals surface area contributed by atoms with Gasteiger partial charge in [-0.15, -0.1) is 0 Å². The average Bonchev–Trinajstić information content (AvgIpc) is 2.27. The largest absolute Gasteiger partial charge is 0.358 e. The van der Waals surface area contributed by atoms with Gasteiger partial charge in [-0.1, -0.05) is 12.8 Å². The van der Waals surface area contributed by atoms with Crippen LogP contribution in [0.2, 0.25) is 0 Å². The third-order valence-electron chi connectivity index (χ3n) is 2.58. The molecule has 0 unspecified atom stereocenters. The Bertz CT molecular complexity index is 201. The molecule has 0 aromatic heterocycles. The Labute approximate surface area is 94.5 Å². The van der Waals surface area contributed by atoms with Crippen LogP contribution >= 0.6 is 0 Å². The van der Waals surface area contributed by atoms with Crippen molar-refractivity contribution >= 4 is 16.3 Å². The Morgan fingerprint density at radius 1 is 1.20 bits per heavy atom. The molecular formula is C10H21NO3Si. The zero-order valence-corrected chi connectivity index (χ0v) is 11.9. The number of carbonyl (C=O) groups excluding carboxylic acids is 1. The molecular weight excluding hydrogens is 210 g/mol. The molecule has 88 valence electrons. The number of isocyanates is 1. The molecule has 15 heavy (non-hydrogen) atoms. The zero-order valence-electron chi connectivity index (χ0n) is 9.91. The first kappa shape index (κ1) is 14.5. The van der Waals surface area contributed by atoms with E-state index in [1.165, 1.54) is 0 Å². The second kappa shape index (κ2) is 8.80. The van der Waals surface area contributed by atoms with E-state index in [9.17, 15) is 4.79 Å². The van der Waals surface area contributed by atoms with Crippen LogP contribution in [0, 0.1) is 0 Å². The van der Waals surface area contributed by atoms with Crippen molar-refractivity contribution in [1.82, 2.24) is 0 Å². The van der Waals surface area contributed by atoms with E-state index in [4.69, 9.17) is 9.47 Å². The molecule has 0 radical (unpaired) electrons. The number of hydrogen-bond acceptors (Lipinski definition) is 4. The SMILES string of the molecule is COC([SiH3])(CCCCCCN=C=O)OC. The van der Waals surface area contributed by atoms with Crippen LogP contribution in [0.3, 0.4) is 0 Å². The lowest BCUT2D eigenvalue weighted by molar-refractivity contribution is -0.146. The van der Waals surface area contributed by atoms with Gasteiger partial charge in [-0.3, -0.25) is 0 Å². The summed E-state index contributed by atoms with van der Waals surface area (Å²) < 4.78 is 10.6. The van der Waals surface area contributed by atoms with E-state index in [-0.39, 0.29) is 5.41 Å². The zero-order chi connectivity index (χ0) is 11.6. The smallest absolute Gasteiger partial charge is 0.234 e. The van der Waals surface area contributed by atoms with E-state index < -0.39 is 0 Å². The summed E-state index contributed by atoms with van der Waals surface area (Å²) in [5.41, 5.74) is -0.319. The molecule has 0 rings (SSSR count). The molecule has 0 amide bonds. The third-order valence-corrected chi connectivity index (χ3v) is 3.90. The quantitative estimate of drug-likeness (QED) is 0.192. The molecule has 0 heterocycles. The maximum absolute atomic E-state index is 9.78. The highest BCUT2D eigenvalue weighted by Gasteiger charge is 2.20. The fourth-order valence-corrected chi connectivity index (χ4v) is 1.68. The van der Waals surface area contributed by atoms with Crippen molar-refractivity contribution in [1.29, 1.82) is 0 Å². The highest BCUT2D eigenvalue weighted by Crippen LogP contribution is 2.16. The highest BCUT2D eigenvalue weighted by atomic mass is 28.1. The van der Waals surface area contributed by atoms with Gasteiger partial charge >= 0.3 is 0 Å². The van der Waals surface area contributed by atoms with Gasteiger partial charge in [0.1, 0.15) is 5.41 Å². The lowest BCUT2D eigenvalue weighted by Gasteiger charge is -2.26. The molecule has 0 bridgehead atoms. The van der Waals surface area contributed by atoms with Gasteiger partial charge in [0.15, 0.2) is 0 Å².